The number of aryl methyl sites for hydroxylation is 1. The summed E-state index contributed by atoms with van der Waals surface area (Å²) < 4.78 is 40.6. The molecule has 30 heavy (non-hydrogen) atoms. The summed E-state index contributed by atoms with van der Waals surface area (Å²) in [5.74, 6) is 0. The molecule has 1 atom stereocenters. The van der Waals surface area contributed by atoms with Crippen molar-refractivity contribution in [2.75, 3.05) is 13.7 Å². The minimum atomic E-state index is -3.79. The van der Waals surface area contributed by atoms with E-state index in [1.165, 1.54) is 4.22 Å². The molecule has 1 fully saturated rings. The molecule has 1 saturated heterocycles. The van der Waals surface area contributed by atoms with Crippen LogP contribution in [0.5, 0.6) is 0 Å². The molecule has 7 heteroatoms. The average Bonchev–Trinajstić information content (AvgIpc) is 3.04. The Bertz CT molecular complexity index is 1160. The summed E-state index contributed by atoms with van der Waals surface area (Å²) in [6.45, 7) is 5.98. The molecule has 1 aliphatic heterocycles. The van der Waals surface area contributed by atoms with Gasteiger partial charge in [-0.05, 0) is 55.3 Å². The quantitative estimate of drug-likeness (QED) is 0.573. The Balaban J connectivity index is 1.77. The van der Waals surface area contributed by atoms with Crippen molar-refractivity contribution in [3.05, 3.63) is 77.9 Å². The molecule has 0 saturated carbocycles. The molecule has 0 spiro atoms. The van der Waals surface area contributed by atoms with Gasteiger partial charge in [0.05, 0.1) is 4.90 Å². The van der Waals surface area contributed by atoms with Crippen molar-refractivity contribution in [1.82, 2.24) is 4.22 Å². The molecule has 1 unspecified atom stereocenters. The highest BCUT2D eigenvalue weighted by molar-refractivity contribution is 7.90. The van der Waals surface area contributed by atoms with Crippen molar-refractivity contribution in [3.8, 4) is 0 Å². The molecular formula is C23H26BNO4S. The number of sulfonamides is 1. The molecule has 3 aromatic rings. The lowest BCUT2D eigenvalue weighted by Crippen LogP contribution is -2.52. The number of fused-ring (bicyclic) bond motifs is 1. The number of benzene rings is 3. The first-order chi connectivity index (χ1) is 14.2. The molecule has 3 aromatic carbocycles. The number of nitrogens with zero attached hydrogens (tertiary/aromatic N) is 1. The second-order valence-electron chi connectivity index (χ2n) is 8.39. The normalized spacial score (nSPS) is 18.1. The monoisotopic (exact) mass is 423 g/mol. The Kier molecular flexibility index (Phi) is 5.49. The fourth-order valence-corrected chi connectivity index (χ4v) is 5.92. The van der Waals surface area contributed by atoms with Crippen molar-refractivity contribution in [3.63, 3.8) is 0 Å². The molecule has 0 aliphatic carbocycles. The van der Waals surface area contributed by atoms with E-state index in [1.54, 1.807) is 19.2 Å². The molecule has 0 aromatic heterocycles. The lowest BCUT2D eigenvalue weighted by atomic mass is 9.71. The van der Waals surface area contributed by atoms with Crippen LogP contribution in [0, 0.1) is 6.92 Å². The van der Waals surface area contributed by atoms with E-state index in [0.717, 1.165) is 21.9 Å². The summed E-state index contributed by atoms with van der Waals surface area (Å²) >= 11 is 0. The Morgan fingerprint density at radius 2 is 1.70 bits per heavy atom. The third kappa shape index (κ3) is 3.67. The van der Waals surface area contributed by atoms with Gasteiger partial charge >= 0.3 is 7.05 Å². The molecule has 0 radical (unpaired) electrons. The lowest BCUT2D eigenvalue weighted by molar-refractivity contribution is 0.142. The fraction of sp³-hybridized carbons (Fsp3) is 0.304. The van der Waals surface area contributed by atoms with E-state index in [0.29, 0.717) is 0 Å². The molecule has 1 heterocycles. The van der Waals surface area contributed by atoms with Crippen LogP contribution in [0.25, 0.3) is 10.8 Å². The summed E-state index contributed by atoms with van der Waals surface area (Å²) in [5.41, 5.74) is 1.18. The first kappa shape index (κ1) is 21.1. The van der Waals surface area contributed by atoms with Gasteiger partial charge in [-0.3, -0.25) is 0 Å². The van der Waals surface area contributed by atoms with Crippen molar-refractivity contribution in [2.24, 2.45) is 0 Å². The largest absolute Gasteiger partial charge is 0.433 e. The topological polar surface area (TPSA) is 55.8 Å². The summed E-state index contributed by atoms with van der Waals surface area (Å²) in [4.78, 5) is 0.255. The van der Waals surface area contributed by atoms with Gasteiger partial charge in [0.25, 0.3) is 0 Å². The van der Waals surface area contributed by atoms with Gasteiger partial charge in [-0.25, -0.2) is 8.42 Å². The molecule has 5 nitrogen and oxygen atoms in total. The third-order valence-corrected chi connectivity index (χ3v) is 7.72. The van der Waals surface area contributed by atoms with Crippen LogP contribution in [0.2, 0.25) is 0 Å². The highest BCUT2D eigenvalue weighted by Crippen LogP contribution is 2.38. The summed E-state index contributed by atoms with van der Waals surface area (Å²) in [7, 11) is -2.97. The molecule has 0 N–H and O–H groups in total. The van der Waals surface area contributed by atoms with E-state index in [-0.39, 0.29) is 11.5 Å². The predicted octanol–water partition coefficient (Wildman–Crippen LogP) is 4.36. The van der Waals surface area contributed by atoms with Crippen molar-refractivity contribution >= 4 is 27.8 Å². The Morgan fingerprint density at radius 1 is 1.03 bits per heavy atom. The number of hydrogen-bond acceptors (Lipinski definition) is 4. The SMILES string of the molecule is COC(B1OCC(C)(C)N1S(=O)(=O)c1ccc(C)cc1)c1ccc2ccccc2c1. The number of rotatable bonds is 5. The van der Waals surface area contributed by atoms with E-state index in [1.807, 2.05) is 75.4 Å². The first-order valence-corrected chi connectivity index (χ1v) is 11.4. The first-order valence-electron chi connectivity index (χ1n) is 9.98. The molecule has 1 aliphatic rings. The predicted molar refractivity (Wildman–Crippen MR) is 120 cm³/mol. The van der Waals surface area contributed by atoms with Crippen LogP contribution in [0.4, 0.5) is 0 Å². The van der Waals surface area contributed by atoms with Crippen LogP contribution in [0.3, 0.4) is 0 Å². The highest BCUT2D eigenvalue weighted by atomic mass is 32.2. The second kappa shape index (κ2) is 7.82. The van der Waals surface area contributed by atoms with Crippen molar-refractivity contribution in [1.29, 1.82) is 0 Å². The van der Waals surface area contributed by atoms with Crippen molar-refractivity contribution in [2.45, 2.75) is 37.2 Å². The van der Waals surface area contributed by atoms with Gasteiger partial charge in [0, 0.05) is 19.3 Å². The zero-order valence-corrected chi connectivity index (χ0v) is 18.5. The van der Waals surface area contributed by atoms with Crippen molar-refractivity contribution < 1.29 is 17.8 Å². The maximum absolute atomic E-state index is 13.6. The highest BCUT2D eigenvalue weighted by Gasteiger charge is 2.55. The van der Waals surface area contributed by atoms with Gasteiger partial charge in [0.1, 0.15) is 6.00 Å². The standard InChI is InChI=1S/C23H26BNO4S/c1-17-9-13-21(14-10-17)30(26,27)25-23(2,3)16-29-24(25)22(28-4)20-12-11-18-7-5-6-8-19(18)15-20/h5-15,22H,16H2,1-4H3. The zero-order valence-electron chi connectivity index (χ0n) is 17.7. The molecule has 0 amide bonds. The molecule has 4 rings (SSSR count). The average molecular weight is 423 g/mol. The van der Waals surface area contributed by atoms with Gasteiger partial charge in [0.2, 0.25) is 10.0 Å². The molecule has 0 bridgehead atoms. The van der Waals surface area contributed by atoms with Gasteiger partial charge in [-0.1, -0.05) is 54.1 Å². The number of hydrogen-bond donors (Lipinski definition) is 0. The maximum Gasteiger partial charge on any atom is 0.433 e. The van der Waals surface area contributed by atoms with E-state index in [9.17, 15) is 8.42 Å². The Hall–Kier alpha value is -2.19. The van der Waals surface area contributed by atoms with Gasteiger partial charge in [-0.2, -0.15) is 4.22 Å². The third-order valence-electron chi connectivity index (χ3n) is 5.63. The Morgan fingerprint density at radius 3 is 2.37 bits per heavy atom. The van der Waals surface area contributed by atoms with Gasteiger partial charge < -0.3 is 9.39 Å². The smallest absolute Gasteiger partial charge is 0.417 e. The number of ether oxygens (including phenoxy) is 1. The van der Waals surface area contributed by atoms with Crippen LogP contribution < -0.4 is 0 Å². The second-order valence-corrected chi connectivity index (χ2v) is 10.2. The molecule has 156 valence electrons. The molecular weight excluding hydrogens is 397 g/mol. The fourth-order valence-electron chi connectivity index (χ4n) is 4.06. The number of methoxy groups -OCH3 is 1. The lowest BCUT2D eigenvalue weighted by Gasteiger charge is -2.33. The van der Waals surface area contributed by atoms with Crippen LogP contribution >= 0.6 is 0 Å². The summed E-state index contributed by atoms with van der Waals surface area (Å²) in [6.07, 6.45) is 0. The maximum atomic E-state index is 13.6. The van der Waals surface area contributed by atoms with Gasteiger partial charge in [-0.15, -0.1) is 0 Å². The van der Waals surface area contributed by atoms with E-state index < -0.39 is 28.6 Å². The van der Waals surface area contributed by atoms with E-state index in [2.05, 4.69) is 0 Å². The van der Waals surface area contributed by atoms with Crippen LogP contribution in [0.15, 0.2) is 71.6 Å². The van der Waals surface area contributed by atoms with Gasteiger partial charge in [0.15, 0.2) is 0 Å². The minimum Gasteiger partial charge on any atom is -0.417 e. The van der Waals surface area contributed by atoms with Crippen LogP contribution in [-0.4, -0.2) is 38.9 Å². The Labute approximate surface area is 178 Å². The minimum absolute atomic E-state index is 0.255. The summed E-state index contributed by atoms with van der Waals surface area (Å²) in [6, 6.07) is 20.4. The van der Waals surface area contributed by atoms with Crippen LogP contribution in [0.1, 0.15) is 31.0 Å². The van der Waals surface area contributed by atoms with E-state index in [4.69, 9.17) is 9.39 Å². The van der Waals surface area contributed by atoms with E-state index >= 15 is 0 Å². The zero-order chi connectivity index (χ0) is 21.5. The van der Waals surface area contributed by atoms with Crippen LogP contribution in [-0.2, 0) is 19.4 Å². The summed E-state index contributed by atoms with van der Waals surface area (Å²) in [5, 5.41) is 2.19.